The number of aromatic nitrogens is 2. The Kier molecular flexibility index (Phi) is 4.79. The Bertz CT molecular complexity index is 287. The van der Waals surface area contributed by atoms with E-state index in [1.165, 1.54) is 0 Å². The Balaban J connectivity index is 2.28. The van der Waals surface area contributed by atoms with Gasteiger partial charge in [-0.25, -0.2) is 5.48 Å². The lowest BCUT2D eigenvalue weighted by molar-refractivity contribution is -0.137. The molecule has 1 rings (SSSR count). The molecule has 6 heteroatoms. The van der Waals surface area contributed by atoms with Crippen LogP contribution in [0.2, 0.25) is 0 Å². The molecule has 84 valence electrons. The van der Waals surface area contributed by atoms with Gasteiger partial charge in [0.1, 0.15) is 6.04 Å². The van der Waals surface area contributed by atoms with E-state index in [0.717, 1.165) is 0 Å². The Hall–Kier alpha value is -1.40. The van der Waals surface area contributed by atoms with E-state index in [1.54, 1.807) is 37.2 Å². The molecule has 1 aromatic rings. The quantitative estimate of drug-likeness (QED) is 0.539. The maximum atomic E-state index is 11.5. The number of carbonyl (C=O) groups is 1. The number of carbonyl (C=O) groups excluding carboxylic acids is 1. The van der Waals surface area contributed by atoms with Crippen molar-refractivity contribution in [2.45, 2.75) is 13.0 Å². The summed E-state index contributed by atoms with van der Waals surface area (Å²) in [6.07, 6.45) is 3.34. The number of hydroxylamine groups is 1. The molecule has 1 amide bonds. The molecule has 0 spiro atoms. The maximum Gasteiger partial charge on any atom is 0.268 e. The normalized spacial score (nSPS) is 12.4. The fourth-order valence-electron chi connectivity index (χ4n) is 0.962. The molecule has 0 aliphatic heterocycles. The number of amides is 1. The number of methoxy groups -OCH3 is 1. The Morgan fingerprint density at radius 1 is 1.60 bits per heavy atom. The van der Waals surface area contributed by atoms with Gasteiger partial charge in [0.05, 0.1) is 13.2 Å². The van der Waals surface area contributed by atoms with E-state index in [-0.39, 0.29) is 11.9 Å². The van der Waals surface area contributed by atoms with Crippen molar-refractivity contribution < 1.29 is 14.4 Å². The molecule has 1 atom stereocenters. The molecule has 0 aliphatic rings. The lowest BCUT2D eigenvalue weighted by Gasteiger charge is -2.12. The highest BCUT2D eigenvalue weighted by Crippen LogP contribution is 2.02. The second-order valence-corrected chi connectivity index (χ2v) is 2.97. The van der Waals surface area contributed by atoms with E-state index in [0.29, 0.717) is 13.2 Å². The summed E-state index contributed by atoms with van der Waals surface area (Å²) >= 11 is 0. The molecule has 0 saturated heterocycles. The van der Waals surface area contributed by atoms with Crippen molar-refractivity contribution in [2.24, 2.45) is 0 Å². The molecule has 1 unspecified atom stereocenters. The number of hydrogen-bond acceptors (Lipinski definition) is 4. The topological polar surface area (TPSA) is 65.4 Å². The van der Waals surface area contributed by atoms with E-state index in [4.69, 9.17) is 9.57 Å². The van der Waals surface area contributed by atoms with Crippen LogP contribution in [0, 0.1) is 0 Å². The van der Waals surface area contributed by atoms with Gasteiger partial charge in [-0.3, -0.25) is 14.3 Å². The zero-order chi connectivity index (χ0) is 11.1. The number of rotatable bonds is 6. The average molecular weight is 213 g/mol. The summed E-state index contributed by atoms with van der Waals surface area (Å²) in [4.78, 5) is 16.4. The fraction of sp³-hybridized carbons (Fsp3) is 0.556. The van der Waals surface area contributed by atoms with E-state index in [2.05, 4.69) is 10.6 Å². The molecule has 15 heavy (non-hydrogen) atoms. The second-order valence-electron chi connectivity index (χ2n) is 2.97. The molecular formula is C9H15N3O3. The standard InChI is InChI=1S/C9H15N3O3/c1-8(12-5-3-4-10-12)9(13)11-15-7-6-14-2/h3-5,8H,6-7H2,1-2H3,(H,11,13). The minimum absolute atomic E-state index is 0.241. The van der Waals surface area contributed by atoms with Crippen LogP contribution in [-0.2, 0) is 14.4 Å². The van der Waals surface area contributed by atoms with Gasteiger partial charge >= 0.3 is 0 Å². The van der Waals surface area contributed by atoms with Crippen LogP contribution in [0.3, 0.4) is 0 Å². The first-order valence-corrected chi connectivity index (χ1v) is 4.65. The van der Waals surface area contributed by atoms with Crippen LogP contribution in [-0.4, -0.2) is 36.0 Å². The molecular weight excluding hydrogens is 198 g/mol. The summed E-state index contributed by atoms with van der Waals surface area (Å²) in [5.74, 6) is -0.241. The summed E-state index contributed by atoms with van der Waals surface area (Å²) in [7, 11) is 1.57. The van der Waals surface area contributed by atoms with Crippen molar-refractivity contribution in [2.75, 3.05) is 20.3 Å². The van der Waals surface area contributed by atoms with Crippen LogP contribution < -0.4 is 5.48 Å². The minimum Gasteiger partial charge on any atom is -0.382 e. The van der Waals surface area contributed by atoms with Crippen molar-refractivity contribution in [1.29, 1.82) is 0 Å². The molecule has 6 nitrogen and oxygen atoms in total. The predicted molar refractivity (Wildman–Crippen MR) is 52.9 cm³/mol. The predicted octanol–water partition coefficient (Wildman–Crippen LogP) is 0.138. The van der Waals surface area contributed by atoms with Crippen LogP contribution in [0.25, 0.3) is 0 Å². The number of ether oxygens (including phenoxy) is 1. The third kappa shape index (κ3) is 3.69. The first kappa shape index (κ1) is 11.7. The van der Waals surface area contributed by atoms with Gasteiger partial charge in [0.2, 0.25) is 0 Å². The smallest absolute Gasteiger partial charge is 0.268 e. The van der Waals surface area contributed by atoms with Crippen LogP contribution in [0.15, 0.2) is 18.5 Å². The van der Waals surface area contributed by atoms with Crippen molar-refractivity contribution >= 4 is 5.91 Å². The Labute approximate surface area is 88.1 Å². The largest absolute Gasteiger partial charge is 0.382 e. The zero-order valence-corrected chi connectivity index (χ0v) is 8.84. The van der Waals surface area contributed by atoms with Gasteiger partial charge in [-0.1, -0.05) is 0 Å². The van der Waals surface area contributed by atoms with Gasteiger partial charge in [0.25, 0.3) is 5.91 Å². The summed E-state index contributed by atoms with van der Waals surface area (Å²) in [5, 5.41) is 3.96. The maximum absolute atomic E-state index is 11.5. The molecule has 0 bridgehead atoms. The molecule has 1 N–H and O–H groups in total. The summed E-state index contributed by atoms with van der Waals surface area (Å²) in [6, 6.07) is 1.37. The van der Waals surface area contributed by atoms with Crippen LogP contribution in [0.5, 0.6) is 0 Å². The lowest BCUT2D eigenvalue weighted by atomic mass is 10.3. The first-order valence-electron chi connectivity index (χ1n) is 4.65. The molecule has 0 fully saturated rings. The fourth-order valence-corrected chi connectivity index (χ4v) is 0.962. The summed E-state index contributed by atoms with van der Waals surface area (Å²) < 4.78 is 6.31. The van der Waals surface area contributed by atoms with Crippen molar-refractivity contribution in [3.63, 3.8) is 0 Å². The van der Waals surface area contributed by atoms with E-state index in [9.17, 15) is 4.79 Å². The third-order valence-electron chi connectivity index (χ3n) is 1.86. The van der Waals surface area contributed by atoms with Gasteiger partial charge < -0.3 is 4.74 Å². The highest BCUT2D eigenvalue weighted by molar-refractivity contribution is 5.78. The van der Waals surface area contributed by atoms with Crippen molar-refractivity contribution in [3.8, 4) is 0 Å². The average Bonchev–Trinajstić information content (AvgIpc) is 2.76. The van der Waals surface area contributed by atoms with E-state index < -0.39 is 0 Å². The molecule has 0 saturated carbocycles. The van der Waals surface area contributed by atoms with E-state index >= 15 is 0 Å². The van der Waals surface area contributed by atoms with Crippen LogP contribution in [0.1, 0.15) is 13.0 Å². The summed E-state index contributed by atoms with van der Waals surface area (Å²) in [6.45, 7) is 2.51. The lowest BCUT2D eigenvalue weighted by Crippen LogP contribution is -2.32. The minimum atomic E-state index is -0.387. The Morgan fingerprint density at radius 3 is 3.00 bits per heavy atom. The molecule has 1 aromatic heterocycles. The van der Waals surface area contributed by atoms with Crippen LogP contribution in [0.4, 0.5) is 0 Å². The summed E-state index contributed by atoms with van der Waals surface area (Å²) in [5.41, 5.74) is 2.33. The second kappa shape index (κ2) is 6.15. The first-order chi connectivity index (χ1) is 7.25. The number of hydrogen-bond donors (Lipinski definition) is 1. The van der Waals surface area contributed by atoms with E-state index in [1.807, 2.05) is 0 Å². The molecule has 0 radical (unpaired) electrons. The monoisotopic (exact) mass is 213 g/mol. The third-order valence-corrected chi connectivity index (χ3v) is 1.86. The highest BCUT2D eigenvalue weighted by atomic mass is 16.7. The number of nitrogens with zero attached hydrogens (tertiary/aromatic N) is 2. The Morgan fingerprint density at radius 2 is 2.40 bits per heavy atom. The number of nitrogens with one attached hydrogen (secondary N) is 1. The van der Waals surface area contributed by atoms with Crippen molar-refractivity contribution in [3.05, 3.63) is 18.5 Å². The molecule has 0 aliphatic carbocycles. The van der Waals surface area contributed by atoms with Gasteiger partial charge in [-0.2, -0.15) is 5.10 Å². The zero-order valence-electron chi connectivity index (χ0n) is 8.84. The van der Waals surface area contributed by atoms with Gasteiger partial charge in [0.15, 0.2) is 0 Å². The molecule has 1 heterocycles. The SMILES string of the molecule is COCCONC(=O)C(C)n1cccn1. The van der Waals surface area contributed by atoms with Gasteiger partial charge in [-0.05, 0) is 13.0 Å². The van der Waals surface area contributed by atoms with Gasteiger partial charge in [0, 0.05) is 19.5 Å². The highest BCUT2D eigenvalue weighted by Gasteiger charge is 2.14. The van der Waals surface area contributed by atoms with Gasteiger partial charge in [-0.15, -0.1) is 0 Å². The van der Waals surface area contributed by atoms with Crippen LogP contribution >= 0.6 is 0 Å². The molecule has 0 aromatic carbocycles. The van der Waals surface area contributed by atoms with Crippen molar-refractivity contribution in [1.82, 2.24) is 15.3 Å².